The summed E-state index contributed by atoms with van der Waals surface area (Å²) in [5.74, 6) is -1.39. The van der Waals surface area contributed by atoms with Crippen molar-refractivity contribution < 1.29 is 36.2 Å². The maximum absolute atomic E-state index is 11.6. The Morgan fingerprint density at radius 1 is 1.28 bits per heavy atom. The third-order valence-corrected chi connectivity index (χ3v) is 4.98. The van der Waals surface area contributed by atoms with Crippen LogP contribution in [0, 0.1) is 0 Å². The van der Waals surface area contributed by atoms with E-state index in [9.17, 15) is 21.6 Å². The number of aliphatic carboxylic acids is 1. The molecule has 0 bridgehead atoms. The van der Waals surface area contributed by atoms with Crippen molar-refractivity contribution in [3.05, 3.63) is 41.7 Å². The first-order valence-corrected chi connectivity index (χ1v) is 9.96. The van der Waals surface area contributed by atoms with Crippen LogP contribution in [-0.4, -0.2) is 62.5 Å². The molecule has 10 nitrogen and oxygen atoms in total. The Kier molecular flexibility index (Phi) is 7.26. The lowest BCUT2D eigenvalue weighted by Gasteiger charge is -2.25. The van der Waals surface area contributed by atoms with Crippen LogP contribution in [0.15, 0.2) is 24.5 Å². The first kappa shape index (κ1) is 22.7. The monoisotopic (exact) mass is 437 g/mol. The number of fused-ring (bicyclic) bond motifs is 1. The lowest BCUT2D eigenvalue weighted by atomic mass is 10.3. The quantitative estimate of drug-likeness (QED) is 0.728. The summed E-state index contributed by atoms with van der Waals surface area (Å²) in [4.78, 5) is 12.9. The van der Waals surface area contributed by atoms with E-state index in [4.69, 9.17) is 14.6 Å². The minimum Gasteiger partial charge on any atom is -0.475 e. The van der Waals surface area contributed by atoms with Gasteiger partial charge in [0.05, 0.1) is 19.4 Å². The SMILES string of the molecule is CS(=O)(=O)N1CCn2c(COCc3cccnc3)nnc2C1.O=C(O)C(F)(F)F. The normalized spacial score (nSPS) is 14.6. The van der Waals surface area contributed by atoms with Gasteiger partial charge in [-0.15, -0.1) is 10.2 Å². The van der Waals surface area contributed by atoms with Crippen LogP contribution in [0.5, 0.6) is 0 Å². The van der Waals surface area contributed by atoms with Crippen molar-refractivity contribution in [1.29, 1.82) is 0 Å². The number of carbonyl (C=O) groups is 1. The zero-order valence-corrected chi connectivity index (χ0v) is 16.0. The number of carboxylic acid groups (broad SMARTS) is 1. The van der Waals surface area contributed by atoms with Gasteiger partial charge in [-0.2, -0.15) is 17.5 Å². The van der Waals surface area contributed by atoms with Crippen LogP contribution >= 0.6 is 0 Å². The molecule has 0 unspecified atom stereocenters. The van der Waals surface area contributed by atoms with Crippen molar-refractivity contribution in [2.75, 3.05) is 12.8 Å². The molecule has 160 valence electrons. The zero-order valence-electron chi connectivity index (χ0n) is 15.2. The molecule has 0 amide bonds. The molecule has 0 radical (unpaired) electrons. The fourth-order valence-corrected chi connectivity index (χ4v) is 3.09. The Balaban J connectivity index is 0.000000370. The maximum Gasteiger partial charge on any atom is 0.490 e. The number of pyridine rings is 1. The number of alkyl halides is 3. The molecular formula is C15H18F3N5O5S. The third kappa shape index (κ3) is 6.76. The van der Waals surface area contributed by atoms with E-state index in [2.05, 4.69) is 15.2 Å². The summed E-state index contributed by atoms with van der Waals surface area (Å²) in [7, 11) is -3.20. The lowest BCUT2D eigenvalue weighted by Crippen LogP contribution is -2.38. The molecule has 3 heterocycles. The van der Waals surface area contributed by atoms with Gasteiger partial charge < -0.3 is 14.4 Å². The highest BCUT2D eigenvalue weighted by atomic mass is 32.2. The number of aromatic nitrogens is 4. The number of halogens is 3. The predicted octanol–water partition coefficient (Wildman–Crippen LogP) is 0.798. The van der Waals surface area contributed by atoms with Gasteiger partial charge in [0.1, 0.15) is 12.4 Å². The molecular weight excluding hydrogens is 419 g/mol. The number of sulfonamides is 1. The molecule has 1 aliphatic heterocycles. The number of hydrogen-bond acceptors (Lipinski definition) is 7. The number of ether oxygens (including phenoxy) is 1. The Morgan fingerprint density at radius 3 is 2.52 bits per heavy atom. The van der Waals surface area contributed by atoms with Crippen molar-refractivity contribution in [2.45, 2.75) is 32.5 Å². The zero-order chi connectivity index (χ0) is 21.7. The molecule has 2 aromatic rings. The standard InChI is InChI=1S/C13H17N5O3S.C2HF3O2/c1-22(19,20)17-5-6-18-12(8-17)15-16-13(18)10-21-9-11-3-2-4-14-7-11;3-2(4,5)1(6)7/h2-4,7H,5-6,8-10H2,1H3;(H,6,7). The van der Waals surface area contributed by atoms with Crippen LogP contribution in [0.25, 0.3) is 0 Å². The van der Waals surface area contributed by atoms with Gasteiger partial charge in [0.25, 0.3) is 0 Å². The average Bonchev–Trinajstić information content (AvgIpc) is 3.04. The molecule has 0 fully saturated rings. The molecule has 0 saturated heterocycles. The van der Waals surface area contributed by atoms with E-state index in [-0.39, 0.29) is 6.54 Å². The molecule has 0 saturated carbocycles. The van der Waals surface area contributed by atoms with Gasteiger partial charge in [-0.05, 0) is 11.6 Å². The number of nitrogens with zero attached hydrogens (tertiary/aromatic N) is 5. The predicted molar refractivity (Wildman–Crippen MR) is 91.7 cm³/mol. The Labute approximate surface area is 164 Å². The smallest absolute Gasteiger partial charge is 0.475 e. The summed E-state index contributed by atoms with van der Waals surface area (Å²) in [6, 6.07) is 3.80. The summed E-state index contributed by atoms with van der Waals surface area (Å²) in [5, 5.41) is 15.3. The molecule has 3 rings (SSSR count). The van der Waals surface area contributed by atoms with Crippen molar-refractivity contribution in [3.63, 3.8) is 0 Å². The van der Waals surface area contributed by atoms with E-state index in [0.717, 1.165) is 5.56 Å². The first-order valence-electron chi connectivity index (χ1n) is 8.11. The molecule has 0 aliphatic carbocycles. The van der Waals surface area contributed by atoms with Gasteiger partial charge in [0, 0.05) is 25.5 Å². The van der Waals surface area contributed by atoms with Crippen LogP contribution < -0.4 is 0 Å². The van der Waals surface area contributed by atoms with Gasteiger partial charge in [0.2, 0.25) is 10.0 Å². The maximum atomic E-state index is 11.6. The van der Waals surface area contributed by atoms with E-state index < -0.39 is 22.2 Å². The van der Waals surface area contributed by atoms with Crippen LogP contribution in [-0.2, 0) is 45.9 Å². The van der Waals surface area contributed by atoms with E-state index in [1.54, 1.807) is 12.4 Å². The largest absolute Gasteiger partial charge is 0.490 e. The van der Waals surface area contributed by atoms with Gasteiger partial charge in [-0.25, -0.2) is 13.2 Å². The van der Waals surface area contributed by atoms with E-state index in [0.29, 0.717) is 38.0 Å². The van der Waals surface area contributed by atoms with Gasteiger partial charge in [-0.3, -0.25) is 4.98 Å². The Hall–Kier alpha value is -2.58. The highest BCUT2D eigenvalue weighted by Crippen LogP contribution is 2.16. The van der Waals surface area contributed by atoms with E-state index in [1.807, 2.05) is 16.7 Å². The van der Waals surface area contributed by atoms with Gasteiger partial charge >= 0.3 is 12.1 Å². The van der Waals surface area contributed by atoms with Crippen molar-refractivity contribution in [3.8, 4) is 0 Å². The second-order valence-electron chi connectivity index (χ2n) is 5.94. The van der Waals surface area contributed by atoms with Crippen molar-refractivity contribution >= 4 is 16.0 Å². The van der Waals surface area contributed by atoms with Crippen LogP contribution in [0.3, 0.4) is 0 Å². The van der Waals surface area contributed by atoms with Gasteiger partial charge in [-0.1, -0.05) is 6.07 Å². The summed E-state index contributed by atoms with van der Waals surface area (Å²) in [6.07, 6.45) is -0.411. The third-order valence-electron chi connectivity index (χ3n) is 3.73. The first-order chi connectivity index (χ1) is 13.5. The number of carboxylic acids is 1. The molecule has 2 aromatic heterocycles. The number of rotatable bonds is 5. The highest BCUT2D eigenvalue weighted by molar-refractivity contribution is 7.88. The Morgan fingerprint density at radius 2 is 1.97 bits per heavy atom. The molecule has 0 atom stereocenters. The minimum atomic E-state index is -5.08. The van der Waals surface area contributed by atoms with Crippen LogP contribution in [0.4, 0.5) is 13.2 Å². The molecule has 29 heavy (non-hydrogen) atoms. The van der Waals surface area contributed by atoms with Crippen molar-refractivity contribution in [2.24, 2.45) is 0 Å². The van der Waals surface area contributed by atoms with Crippen LogP contribution in [0.2, 0.25) is 0 Å². The molecule has 0 aromatic carbocycles. The number of hydrogen-bond donors (Lipinski definition) is 1. The molecule has 14 heteroatoms. The molecule has 1 N–H and O–H groups in total. The summed E-state index contributed by atoms with van der Waals surface area (Å²) >= 11 is 0. The summed E-state index contributed by atoms with van der Waals surface area (Å²) in [6.45, 7) is 2.02. The second-order valence-corrected chi connectivity index (χ2v) is 7.92. The topological polar surface area (TPSA) is 128 Å². The van der Waals surface area contributed by atoms with E-state index >= 15 is 0 Å². The average molecular weight is 437 g/mol. The summed E-state index contributed by atoms with van der Waals surface area (Å²) < 4.78 is 63.8. The van der Waals surface area contributed by atoms with E-state index in [1.165, 1.54) is 10.6 Å². The molecule has 1 aliphatic rings. The lowest BCUT2D eigenvalue weighted by molar-refractivity contribution is -0.192. The second kappa shape index (κ2) is 9.28. The summed E-state index contributed by atoms with van der Waals surface area (Å²) in [5.41, 5.74) is 0.990. The highest BCUT2D eigenvalue weighted by Gasteiger charge is 2.38. The van der Waals surface area contributed by atoms with Crippen molar-refractivity contribution in [1.82, 2.24) is 24.1 Å². The molecule has 0 spiro atoms. The fraction of sp³-hybridized carbons (Fsp3) is 0.467. The Bertz CT molecular complexity index is 934. The minimum absolute atomic E-state index is 0.258. The van der Waals surface area contributed by atoms with Crippen LogP contribution in [0.1, 0.15) is 17.2 Å². The van der Waals surface area contributed by atoms with Gasteiger partial charge in [0.15, 0.2) is 5.82 Å². The fourth-order valence-electron chi connectivity index (χ4n) is 2.33.